The van der Waals surface area contributed by atoms with Gasteiger partial charge in [0.1, 0.15) is 17.3 Å². The van der Waals surface area contributed by atoms with E-state index in [4.69, 9.17) is 0 Å². The van der Waals surface area contributed by atoms with Crippen molar-refractivity contribution in [3.05, 3.63) is 53.6 Å². The van der Waals surface area contributed by atoms with E-state index < -0.39 is 0 Å². The van der Waals surface area contributed by atoms with Crippen LogP contribution in [0.25, 0.3) is 0 Å². The van der Waals surface area contributed by atoms with Crippen LogP contribution in [0.5, 0.6) is 11.5 Å². The number of hydrogen-bond acceptors (Lipinski definition) is 6. The molecule has 3 rings (SSSR count). The van der Waals surface area contributed by atoms with E-state index in [2.05, 4.69) is 15.6 Å². The summed E-state index contributed by atoms with van der Waals surface area (Å²) < 4.78 is 0. The number of amidine groups is 1. The molecule has 0 aliphatic carbocycles. The van der Waals surface area contributed by atoms with Gasteiger partial charge in [0, 0.05) is 30.3 Å². The van der Waals surface area contributed by atoms with Crippen LogP contribution in [0.3, 0.4) is 0 Å². The van der Waals surface area contributed by atoms with E-state index in [9.17, 15) is 19.8 Å². The average molecular weight is 367 g/mol. The second-order valence-corrected chi connectivity index (χ2v) is 6.39. The molecule has 27 heavy (non-hydrogen) atoms. The number of anilines is 1. The van der Waals surface area contributed by atoms with E-state index in [1.165, 1.54) is 18.2 Å². The van der Waals surface area contributed by atoms with Crippen molar-refractivity contribution < 1.29 is 19.8 Å². The number of Topliss-reactive ketones (excluding diaryl/α,β-unsaturated/α-hetero) is 1. The van der Waals surface area contributed by atoms with Gasteiger partial charge >= 0.3 is 0 Å². The molecule has 1 aliphatic heterocycles. The Morgan fingerprint density at radius 1 is 1.11 bits per heavy atom. The quantitative estimate of drug-likeness (QED) is 0.660. The first-order valence-electron chi connectivity index (χ1n) is 8.72. The summed E-state index contributed by atoms with van der Waals surface area (Å²) in [4.78, 5) is 28.0. The molecule has 140 valence electrons. The maximum Gasteiger partial charge on any atom is 0.228 e. The molecule has 7 nitrogen and oxygen atoms in total. The molecule has 2 aromatic carbocycles. The standard InChI is InChI=1S/C20H21N3O4/c24-16-2-1-7-21-20(22-12-16)14-3-5-15(6-4-14)23-19(27)10-13-8-17(25)11-18(26)9-13/h3-6,8-9,11,25-26H,1-2,7,10,12H2,(H,21,22)(H,23,27). The minimum Gasteiger partial charge on any atom is -0.508 e. The lowest BCUT2D eigenvalue weighted by Crippen LogP contribution is -2.29. The molecule has 2 aromatic rings. The van der Waals surface area contributed by atoms with Gasteiger partial charge in [-0.15, -0.1) is 0 Å². The second-order valence-electron chi connectivity index (χ2n) is 6.39. The SMILES string of the molecule is O=C1CCCNC(c2ccc(NC(=O)Cc3cc(O)cc(O)c3)cc2)=NC1. The van der Waals surface area contributed by atoms with Crippen LogP contribution in [0, 0.1) is 0 Å². The van der Waals surface area contributed by atoms with Crippen molar-refractivity contribution in [3.63, 3.8) is 0 Å². The van der Waals surface area contributed by atoms with Crippen molar-refractivity contribution in [2.45, 2.75) is 19.3 Å². The number of ketones is 1. The summed E-state index contributed by atoms with van der Waals surface area (Å²) in [5.74, 6) is 0.369. The maximum absolute atomic E-state index is 12.2. The van der Waals surface area contributed by atoms with Crippen molar-refractivity contribution in [2.24, 2.45) is 4.99 Å². The Labute approximate surface area is 156 Å². The lowest BCUT2D eigenvalue weighted by molar-refractivity contribution is -0.118. The molecule has 1 aliphatic rings. The predicted molar refractivity (Wildman–Crippen MR) is 102 cm³/mol. The fraction of sp³-hybridized carbons (Fsp3) is 0.250. The Kier molecular flexibility index (Phi) is 5.71. The van der Waals surface area contributed by atoms with Gasteiger partial charge < -0.3 is 20.8 Å². The molecule has 0 bridgehead atoms. The summed E-state index contributed by atoms with van der Waals surface area (Å²) in [5, 5.41) is 24.9. The molecule has 4 N–H and O–H groups in total. The molecule has 0 saturated carbocycles. The van der Waals surface area contributed by atoms with Crippen LogP contribution < -0.4 is 10.6 Å². The summed E-state index contributed by atoms with van der Waals surface area (Å²) in [7, 11) is 0. The Balaban J connectivity index is 1.63. The van der Waals surface area contributed by atoms with E-state index in [1.54, 1.807) is 12.1 Å². The van der Waals surface area contributed by atoms with Gasteiger partial charge in [0.05, 0.1) is 13.0 Å². The third-order valence-electron chi connectivity index (χ3n) is 4.11. The van der Waals surface area contributed by atoms with Gasteiger partial charge in [-0.05, 0) is 48.4 Å². The van der Waals surface area contributed by atoms with Crippen molar-refractivity contribution in [1.82, 2.24) is 5.32 Å². The number of phenolic OH excluding ortho intramolecular Hbond substituents is 2. The molecule has 7 heteroatoms. The number of phenols is 2. The molecule has 0 spiro atoms. The smallest absolute Gasteiger partial charge is 0.228 e. The van der Waals surface area contributed by atoms with Crippen LogP contribution in [0.1, 0.15) is 24.0 Å². The fourth-order valence-electron chi connectivity index (χ4n) is 2.85. The summed E-state index contributed by atoms with van der Waals surface area (Å²) in [6.45, 7) is 0.872. The highest BCUT2D eigenvalue weighted by atomic mass is 16.3. The molecule has 1 heterocycles. The first-order valence-corrected chi connectivity index (χ1v) is 8.72. The summed E-state index contributed by atoms with van der Waals surface area (Å²) in [6, 6.07) is 11.3. The van der Waals surface area contributed by atoms with E-state index >= 15 is 0 Å². The Morgan fingerprint density at radius 2 is 1.81 bits per heavy atom. The van der Waals surface area contributed by atoms with Crippen molar-refractivity contribution in [3.8, 4) is 11.5 Å². The largest absolute Gasteiger partial charge is 0.508 e. The first kappa shape index (κ1) is 18.4. The maximum atomic E-state index is 12.2. The number of carbonyl (C=O) groups is 2. The predicted octanol–water partition coefficient (Wildman–Crippen LogP) is 1.98. The normalized spacial score (nSPS) is 14.5. The van der Waals surface area contributed by atoms with Crippen LogP contribution in [0.15, 0.2) is 47.5 Å². The summed E-state index contributed by atoms with van der Waals surface area (Å²) in [6.07, 6.45) is 1.36. The molecule has 0 radical (unpaired) electrons. The molecule has 0 unspecified atom stereocenters. The van der Waals surface area contributed by atoms with Gasteiger partial charge in [-0.2, -0.15) is 0 Å². The van der Waals surface area contributed by atoms with Crippen molar-refractivity contribution in [2.75, 3.05) is 18.4 Å². The number of rotatable bonds is 4. The minimum absolute atomic E-state index is 0.0279. The van der Waals surface area contributed by atoms with Gasteiger partial charge in [-0.1, -0.05) is 0 Å². The summed E-state index contributed by atoms with van der Waals surface area (Å²) in [5.41, 5.74) is 1.98. The van der Waals surface area contributed by atoms with Gasteiger partial charge in [0.2, 0.25) is 5.91 Å². The number of nitrogens with zero attached hydrogens (tertiary/aromatic N) is 1. The number of benzene rings is 2. The number of amides is 1. The minimum atomic E-state index is -0.264. The third kappa shape index (κ3) is 5.31. The van der Waals surface area contributed by atoms with Crippen LogP contribution in [-0.4, -0.2) is 40.8 Å². The zero-order valence-corrected chi connectivity index (χ0v) is 14.7. The molecular weight excluding hydrogens is 346 g/mol. The number of aliphatic imine (C=N–C) groups is 1. The average Bonchev–Trinajstić information content (AvgIpc) is 2.58. The number of aromatic hydroxyl groups is 2. The van der Waals surface area contributed by atoms with E-state index in [0.717, 1.165) is 12.0 Å². The van der Waals surface area contributed by atoms with Gasteiger partial charge in [0.15, 0.2) is 5.78 Å². The van der Waals surface area contributed by atoms with Crippen LogP contribution in [0.2, 0.25) is 0 Å². The Hall–Kier alpha value is -3.35. The third-order valence-corrected chi connectivity index (χ3v) is 4.11. The number of nitrogens with one attached hydrogen (secondary N) is 2. The molecule has 0 atom stereocenters. The first-order chi connectivity index (χ1) is 13.0. The lowest BCUT2D eigenvalue weighted by Gasteiger charge is -2.13. The number of carbonyl (C=O) groups excluding carboxylic acids is 2. The van der Waals surface area contributed by atoms with Gasteiger partial charge in [-0.25, -0.2) is 0 Å². The molecule has 0 saturated heterocycles. The highest BCUT2D eigenvalue weighted by molar-refractivity contribution is 6.01. The zero-order chi connectivity index (χ0) is 19.2. The lowest BCUT2D eigenvalue weighted by atomic mass is 10.1. The van der Waals surface area contributed by atoms with Gasteiger partial charge in [-0.3, -0.25) is 14.6 Å². The molecule has 1 amide bonds. The Bertz CT molecular complexity index is 855. The summed E-state index contributed by atoms with van der Waals surface area (Å²) >= 11 is 0. The second kappa shape index (κ2) is 8.35. The van der Waals surface area contributed by atoms with Crippen molar-refractivity contribution in [1.29, 1.82) is 0 Å². The Morgan fingerprint density at radius 3 is 2.52 bits per heavy atom. The van der Waals surface area contributed by atoms with E-state index in [0.29, 0.717) is 30.1 Å². The highest BCUT2D eigenvalue weighted by Crippen LogP contribution is 2.21. The highest BCUT2D eigenvalue weighted by Gasteiger charge is 2.10. The number of hydrogen-bond donors (Lipinski definition) is 4. The van der Waals surface area contributed by atoms with Crippen LogP contribution in [0.4, 0.5) is 5.69 Å². The van der Waals surface area contributed by atoms with Gasteiger partial charge in [0.25, 0.3) is 0 Å². The molecule has 0 aromatic heterocycles. The topological polar surface area (TPSA) is 111 Å². The molecule has 0 fully saturated rings. The van der Waals surface area contributed by atoms with Crippen molar-refractivity contribution >= 4 is 23.2 Å². The van der Waals surface area contributed by atoms with E-state index in [1.807, 2.05) is 12.1 Å². The zero-order valence-electron chi connectivity index (χ0n) is 14.7. The fourth-order valence-corrected chi connectivity index (χ4v) is 2.85. The van der Waals surface area contributed by atoms with Crippen LogP contribution >= 0.6 is 0 Å². The monoisotopic (exact) mass is 367 g/mol. The van der Waals surface area contributed by atoms with Crippen LogP contribution in [-0.2, 0) is 16.0 Å². The van der Waals surface area contributed by atoms with E-state index in [-0.39, 0.29) is 36.2 Å². The molecular formula is C20H21N3O4.